The monoisotopic (exact) mass is 491 g/mol. The van der Waals surface area contributed by atoms with Crippen LogP contribution in [-0.4, -0.2) is 46.0 Å². The minimum Gasteiger partial charge on any atom is -0.444 e. The highest BCUT2D eigenvalue weighted by Crippen LogP contribution is 2.29. The topological polar surface area (TPSA) is 120 Å². The van der Waals surface area contributed by atoms with Gasteiger partial charge in [-0.25, -0.2) is 5.10 Å². The first-order valence-electron chi connectivity index (χ1n) is 10.5. The third-order valence-corrected chi connectivity index (χ3v) is 6.44. The van der Waals surface area contributed by atoms with Crippen LogP contribution in [-0.2, 0) is 9.59 Å². The Morgan fingerprint density at radius 3 is 2.73 bits per heavy atom. The number of nitrogens with one attached hydrogen (secondary N) is 3. The lowest BCUT2D eigenvalue weighted by Crippen LogP contribution is -2.49. The zero-order valence-corrected chi connectivity index (χ0v) is 19.6. The van der Waals surface area contributed by atoms with E-state index < -0.39 is 11.6 Å². The summed E-state index contributed by atoms with van der Waals surface area (Å²) < 4.78 is 5.65. The Hall–Kier alpha value is -2.88. The van der Waals surface area contributed by atoms with E-state index in [2.05, 4.69) is 20.8 Å². The van der Waals surface area contributed by atoms with E-state index in [0.29, 0.717) is 45.5 Å². The maximum absolute atomic E-state index is 12.9. The third kappa shape index (κ3) is 4.90. The van der Waals surface area contributed by atoms with Crippen LogP contribution in [0.15, 0.2) is 27.4 Å². The van der Waals surface area contributed by atoms with Gasteiger partial charge in [-0.1, -0.05) is 29.6 Å². The number of nitrogens with zero attached hydrogens (tertiary/aromatic N) is 2. The molecular weight excluding hydrogens is 469 g/mol. The number of H-pyrrole nitrogens is 1. The van der Waals surface area contributed by atoms with Crippen LogP contribution in [0.5, 0.6) is 0 Å². The van der Waals surface area contributed by atoms with Crippen molar-refractivity contribution in [2.24, 2.45) is 0 Å². The number of piperidine rings is 1. The Morgan fingerprint density at radius 2 is 1.97 bits per heavy atom. The Morgan fingerprint density at radius 1 is 1.18 bits per heavy atom. The van der Waals surface area contributed by atoms with Crippen LogP contribution in [0, 0.1) is 13.8 Å². The lowest BCUT2D eigenvalue weighted by atomic mass is 10.0. The van der Waals surface area contributed by atoms with Crippen molar-refractivity contribution in [3.05, 3.63) is 50.1 Å². The molecule has 11 heteroatoms. The number of likely N-dealkylation sites (tertiary alicyclic amines) is 1. The SMILES string of the molecule is Cc1n[nH]c(=O)c2c(NC(=O)CN3CCCCC3C(=O)Nc3ccc(Cl)c(Cl)c3)oc(C)c12. The molecule has 1 atom stereocenters. The maximum Gasteiger partial charge on any atom is 0.277 e. The van der Waals surface area contributed by atoms with Crippen LogP contribution in [0.25, 0.3) is 10.8 Å². The first-order valence-corrected chi connectivity index (χ1v) is 11.3. The second-order valence-corrected chi connectivity index (χ2v) is 8.84. The van der Waals surface area contributed by atoms with Gasteiger partial charge in [0.2, 0.25) is 17.7 Å². The molecule has 3 aromatic rings. The Bertz CT molecular complexity index is 1290. The molecule has 0 saturated carbocycles. The molecule has 1 aromatic carbocycles. The number of hydrogen-bond acceptors (Lipinski definition) is 6. The molecule has 2 aromatic heterocycles. The molecule has 3 N–H and O–H groups in total. The Labute approximate surface area is 199 Å². The number of aromatic nitrogens is 2. The van der Waals surface area contributed by atoms with Gasteiger partial charge in [0.05, 0.1) is 33.7 Å². The number of hydrogen-bond donors (Lipinski definition) is 3. The predicted octanol–water partition coefficient (Wildman–Crippen LogP) is 3.87. The summed E-state index contributed by atoms with van der Waals surface area (Å²) in [4.78, 5) is 39.9. The summed E-state index contributed by atoms with van der Waals surface area (Å²) in [5.41, 5.74) is 0.686. The number of furan rings is 1. The summed E-state index contributed by atoms with van der Waals surface area (Å²) in [6.07, 6.45) is 2.37. The Balaban J connectivity index is 1.48. The highest BCUT2D eigenvalue weighted by atomic mass is 35.5. The quantitative estimate of drug-likeness (QED) is 0.498. The van der Waals surface area contributed by atoms with Gasteiger partial charge in [-0.3, -0.25) is 24.6 Å². The minimum absolute atomic E-state index is 0.0251. The molecule has 1 saturated heterocycles. The van der Waals surface area contributed by atoms with Gasteiger partial charge < -0.3 is 9.73 Å². The van der Waals surface area contributed by atoms with E-state index in [1.165, 1.54) is 0 Å². The first-order chi connectivity index (χ1) is 15.7. The van der Waals surface area contributed by atoms with E-state index >= 15 is 0 Å². The zero-order chi connectivity index (χ0) is 23.7. The van der Waals surface area contributed by atoms with Gasteiger partial charge in [0, 0.05) is 5.69 Å². The zero-order valence-electron chi connectivity index (χ0n) is 18.1. The molecule has 0 radical (unpaired) electrons. The average molecular weight is 492 g/mol. The fraction of sp³-hybridized carbons (Fsp3) is 0.364. The molecule has 33 heavy (non-hydrogen) atoms. The lowest BCUT2D eigenvalue weighted by molar-refractivity contribution is -0.124. The predicted molar refractivity (Wildman–Crippen MR) is 127 cm³/mol. The maximum atomic E-state index is 12.9. The van der Waals surface area contributed by atoms with Crippen LogP contribution in [0.1, 0.15) is 30.7 Å². The fourth-order valence-electron chi connectivity index (χ4n) is 4.16. The summed E-state index contributed by atoms with van der Waals surface area (Å²) in [6, 6.07) is 4.38. The first kappa shape index (κ1) is 23.3. The summed E-state index contributed by atoms with van der Waals surface area (Å²) in [5, 5.41) is 13.5. The van der Waals surface area contributed by atoms with Gasteiger partial charge in [0.15, 0.2) is 0 Å². The van der Waals surface area contributed by atoms with E-state index in [1.54, 1.807) is 32.0 Å². The summed E-state index contributed by atoms with van der Waals surface area (Å²) in [7, 11) is 0. The molecule has 4 rings (SSSR count). The highest BCUT2D eigenvalue weighted by molar-refractivity contribution is 6.42. The number of aryl methyl sites for hydroxylation is 2. The second kappa shape index (κ2) is 9.54. The van der Waals surface area contributed by atoms with Crippen molar-refractivity contribution < 1.29 is 14.0 Å². The molecule has 9 nitrogen and oxygen atoms in total. The summed E-state index contributed by atoms with van der Waals surface area (Å²) in [5.74, 6) is -0.0339. The van der Waals surface area contributed by atoms with Gasteiger partial charge in [0.1, 0.15) is 11.1 Å². The van der Waals surface area contributed by atoms with Crippen molar-refractivity contribution >= 4 is 57.4 Å². The number of fused-ring (bicyclic) bond motifs is 1. The number of aromatic amines is 1. The lowest BCUT2D eigenvalue weighted by Gasteiger charge is -2.34. The molecule has 174 valence electrons. The molecule has 2 amide bonds. The standard InChI is InChI=1S/C22H23Cl2N5O4/c1-11-18-12(2)33-22(19(18)21(32)28-27-11)26-17(30)10-29-8-4-3-5-16(29)20(31)25-13-6-7-14(23)15(24)9-13/h6-7,9,16H,3-5,8,10H2,1-2H3,(H,25,31)(H,26,30)(H,28,32). The van der Waals surface area contributed by atoms with Crippen molar-refractivity contribution in [2.75, 3.05) is 23.7 Å². The van der Waals surface area contributed by atoms with Crippen LogP contribution >= 0.6 is 23.2 Å². The summed E-state index contributed by atoms with van der Waals surface area (Å²) in [6.45, 7) is 4.02. The number of rotatable bonds is 5. The number of amides is 2. The molecular formula is C22H23Cl2N5O4. The molecule has 1 aliphatic rings. The fourth-order valence-corrected chi connectivity index (χ4v) is 4.46. The number of carbonyl (C=O) groups is 2. The highest BCUT2D eigenvalue weighted by Gasteiger charge is 2.30. The summed E-state index contributed by atoms with van der Waals surface area (Å²) >= 11 is 12.0. The van der Waals surface area contributed by atoms with E-state index in [9.17, 15) is 14.4 Å². The average Bonchev–Trinajstić information content (AvgIpc) is 3.10. The van der Waals surface area contributed by atoms with Gasteiger partial charge in [-0.2, -0.15) is 5.10 Å². The van der Waals surface area contributed by atoms with Crippen molar-refractivity contribution in [2.45, 2.75) is 39.2 Å². The van der Waals surface area contributed by atoms with Gasteiger partial charge in [0.25, 0.3) is 5.56 Å². The van der Waals surface area contributed by atoms with Gasteiger partial charge in [-0.05, 0) is 51.4 Å². The molecule has 3 heterocycles. The molecule has 1 fully saturated rings. The number of anilines is 2. The number of halogens is 2. The minimum atomic E-state index is -0.483. The van der Waals surface area contributed by atoms with Gasteiger partial charge >= 0.3 is 0 Å². The molecule has 0 bridgehead atoms. The number of benzene rings is 1. The van der Waals surface area contributed by atoms with E-state index in [1.807, 2.05) is 4.90 Å². The van der Waals surface area contributed by atoms with Crippen LogP contribution in [0.2, 0.25) is 10.0 Å². The number of carbonyl (C=O) groups excluding carboxylic acids is 2. The largest absolute Gasteiger partial charge is 0.444 e. The molecule has 1 unspecified atom stereocenters. The molecule has 0 spiro atoms. The van der Waals surface area contributed by atoms with Crippen LogP contribution in [0.3, 0.4) is 0 Å². The van der Waals surface area contributed by atoms with E-state index in [-0.39, 0.29) is 29.6 Å². The van der Waals surface area contributed by atoms with Crippen LogP contribution in [0.4, 0.5) is 11.6 Å². The normalized spacial score (nSPS) is 16.7. The third-order valence-electron chi connectivity index (χ3n) is 5.70. The smallest absolute Gasteiger partial charge is 0.277 e. The van der Waals surface area contributed by atoms with Gasteiger partial charge in [-0.15, -0.1) is 0 Å². The van der Waals surface area contributed by atoms with E-state index in [0.717, 1.165) is 12.8 Å². The van der Waals surface area contributed by atoms with Crippen molar-refractivity contribution in [1.29, 1.82) is 0 Å². The van der Waals surface area contributed by atoms with Crippen molar-refractivity contribution in [3.63, 3.8) is 0 Å². The molecule has 0 aliphatic carbocycles. The van der Waals surface area contributed by atoms with Crippen molar-refractivity contribution in [3.8, 4) is 0 Å². The van der Waals surface area contributed by atoms with E-state index in [4.69, 9.17) is 27.6 Å². The van der Waals surface area contributed by atoms with Crippen molar-refractivity contribution in [1.82, 2.24) is 15.1 Å². The Kier molecular flexibility index (Phi) is 6.73. The van der Waals surface area contributed by atoms with Crippen LogP contribution < -0.4 is 16.2 Å². The second-order valence-electron chi connectivity index (χ2n) is 8.02. The molecule has 1 aliphatic heterocycles.